The molecule has 4 rings (SSSR count). The summed E-state index contributed by atoms with van der Waals surface area (Å²) >= 11 is 1.54. The van der Waals surface area contributed by atoms with E-state index in [0.29, 0.717) is 23.5 Å². The van der Waals surface area contributed by atoms with E-state index in [1.165, 1.54) is 12.0 Å². The third kappa shape index (κ3) is 7.39. The molecule has 2 aromatic heterocycles. The van der Waals surface area contributed by atoms with Crippen LogP contribution in [0.3, 0.4) is 0 Å². The Balaban J connectivity index is 0.00000241. The van der Waals surface area contributed by atoms with Crippen LogP contribution in [0.5, 0.6) is 0 Å². The highest BCUT2D eigenvalue weighted by atomic mass is 35.5. The van der Waals surface area contributed by atoms with Crippen LogP contribution in [0.25, 0.3) is 10.2 Å². The Morgan fingerprint density at radius 2 is 1.81 bits per heavy atom. The van der Waals surface area contributed by atoms with E-state index in [4.69, 9.17) is 15.9 Å². The number of amides is 1. The number of benzene rings is 2. The Kier molecular flexibility index (Phi) is 10.8. The van der Waals surface area contributed by atoms with Gasteiger partial charge in [0, 0.05) is 29.6 Å². The number of ether oxygens (including phenoxy) is 1. The van der Waals surface area contributed by atoms with Crippen LogP contribution in [-0.2, 0) is 16.1 Å². The van der Waals surface area contributed by atoms with Gasteiger partial charge in [0.2, 0.25) is 0 Å². The zero-order valence-corrected chi connectivity index (χ0v) is 22.3. The standard InChI is InChI=1S/C25H24N6O3S.2ClH/c1-34-23(32)11-13-31(21-4-2-3-12-28-21)25(33)17-7-10-20-19(14-17)30-22(35-20)15-29-18-8-5-16(6-9-18)24(26)27;;/h2-10,12,14,29H,11,13,15H2,1H3,(H3,26,27);2*1H. The summed E-state index contributed by atoms with van der Waals surface area (Å²) in [5.41, 5.74) is 8.23. The molecule has 4 aromatic rings. The summed E-state index contributed by atoms with van der Waals surface area (Å²) in [5, 5.41) is 11.7. The Hall–Kier alpha value is -3.73. The van der Waals surface area contributed by atoms with Gasteiger partial charge in [-0.05, 0) is 54.6 Å². The van der Waals surface area contributed by atoms with Crippen LogP contribution in [-0.4, -0.2) is 41.3 Å². The zero-order chi connectivity index (χ0) is 24.8. The second kappa shape index (κ2) is 13.5. The third-order valence-electron chi connectivity index (χ3n) is 5.26. The molecule has 0 aliphatic rings. The van der Waals surface area contributed by atoms with Gasteiger partial charge in [0.25, 0.3) is 5.91 Å². The first-order valence-electron chi connectivity index (χ1n) is 10.8. The monoisotopic (exact) mass is 560 g/mol. The number of nitrogens with two attached hydrogens (primary N) is 1. The van der Waals surface area contributed by atoms with Crippen LogP contribution < -0.4 is 16.0 Å². The molecule has 0 bridgehead atoms. The minimum Gasteiger partial charge on any atom is -0.469 e. The quantitative estimate of drug-likeness (QED) is 0.154. The van der Waals surface area contributed by atoms with Crippen molar-refractivity contribution in [2.24, 2.45) is 5.73 Å². The topological polar surface area (TPSA) is 134 Å². The molecule has 1 amide bonds. The number of rotatable bonds is 9. The van der Waals surface area contributed by atoms with E-state index in [1.807, 2.05) is 18.2 Å². The Morgan fingerprint density at radius 1 is 1.08 bits per heavy atom. The zero-order valence-electron chi connectivity index (χ0n) is 19.8. The van der Waals surface area contributed by atoms with Crippen molar-refractivity contribution in [2.45, 2.75) is 13.0 Å². The van der Waals surface area contributed by atoms with E-state index in [0.717, 1.165) is 20.9 Å². The number of nitrogen functional groups attached to an aromatic ring is 1. The highest BCUT2D eigenvalue weighted by Crippen LogP contribution is 2.25. The Bertz CT molecular complexity index is 1370. The fraction of sp³-hybridized carbons (Fsp3) is 0.160. The number of pyridine rings is 1. The van der Waals surface area contributed by atoms with Gasteiger partial charge in [-0.1, -0.05) is 6.07 Å². The van der Waals surface area contributed by atoms with Gasteiger partial charge in [0.1, 0.15) is 16.7 Å². The minimum absolute atomic E-state index is 0. The summed E-state index contributed by atoms with van der Waals surface area (Å²) in [4.78, 5) is 35.5. The van der Waals surface area contributed by atoms with Crippen LogP contribution in [0, 0.1) is 5.41 Å². The first kappa shape index (κ1) is 29.5. The number of hydrogen-bond acceptors (Lipinski definition) is 8. The molecule has 0 saturated heterocycles. The van der Waals surface area contributed by atoms with Crippen molar-refractivity contribution < 1.29 is 14.3 Å². The first-order valence-corrected chi connectivity index (χ1v) is 11.6. The molecule has 12 heteroatoms. The predicted molar refractivity (Wildman–Crippen MR) is 151 cm³/mol. The average molecular weight is 561 g/mol. The van der Waals surface area contributed by atoms with Crippen molar-refractivity contribution in [3.05, 3.63) is 83.0 Å². The van der Waals surface area contributed by atoms with Gasteiger partial charge in [0.15, 0.2) is 0 Å². The molecule has 9 nitrogen and oxygen atoms in total. The lowest BCUT2D eigenvalue weighted by Crippen LogP contribution is -2.33. The van der Waals surface area contributed by atoms with E-state index in [1.54, 1.807) is 60.0 Å². The van der Waals surface area contributed by atoms with Crippen molar-refractivity contribution in [3.8, 4) is 0 Å². The summed E-state index contributed by atoms with van der Waals surface area (Å²) in [6.07, 6.45) is 1.66. The van der Waals surface area contributed by atoms with E-state index >= 15 is 0 Å². The SMILES string of the molecule is COC(=O)CCN(C(=O)c1ccc2sc(CNc3ccc(C(=N)N)cc3)nc2c1)c1ccccn1.Cl.Cl. The molecule has 0 aliphatic carbocycles. The summed E-state index contributed by atoms with van der Waals surface area (Å²) in [6.45, 7) is 0.663. The number of nitrogens with zero attached hydrogens (tertiary/aromatic N) is 3. The number of methoxy groups -OCH3 is 1. The van der Waals surface area contributed by atoms with Crippen molar-refractivity contribution >= 4 is 75.6 Å². The Labute approximate surface area is 230 Å². The number of carbonyl (C=O) groups excluding carboxylic acids is 2. The molecular weight excluding hydrogens is 535 g/mol. The number of carbonyl (C=O) groups is 2. The molecule has 0 aliphatic heterocycles. The summed E-state index contributed by atoms with van der Waals surface area (Å²) in [7, 11) is 1.32. The number of fused-ring (bicyclic) bond motifs is 1. The lowest BCUT2D eigenvalue weighted by molar-refractivity contribution is -0.140. The van der Waals surface area contributed by atoms with Gasteiger partial charge >= 0.3 is 5.97 Å². The molecule has 0 unspecified atom stereocenters. The molecule has 0 radical (unpaired) electrons. The maximum atomic E-state index is 13.4. The van der Waals surface area contributed by atoms with Gasteiger partial charge in [-0.25, -0.2) is 9.97 Å². The van der Waals surface area contributed by atoms with Gasteiger partial charge in [-0.3, -0.25) is 19.9 Å². The van der Waals surface area contributed by atoms with Crippen LogP contribution >= 0.6 is 36.2 Å². The van der Waals surface area contributed by atoms with Gasteiger partial charge in [-0.2, -0.15) is 0 Å². The number of thiazole rings is 1. The number of anilines is 2. The molecule has 0 fully saturated rings. The fourth-order valence-electron chi connectivity index (χ4n) is 3.42. The average Bonchev–Trinajstić information content (AvgIpc) is 3.30. The minimum atomic E-state index is -0.401. The number of hydrogen-bond donors (Lipinski definition) is 3. The molecule has 0 spiro atoms. The van der Waals surface area contributed by atoms with Gasteiger partial charge in [-0.15, -0.1) is 36.2 Å². The molecule has 2 heterocycles. The summed E-state index contributed by atoms with van der Waals surface area (Å²) in [6, 6.07) is 18.0. The lowest BCUT2D eigenvalue weighted by atomic mass is 10.1. The van der Waals surface area contributed by atoms with Gasteiger partial charge < -0.3 is 15.8 Å². The maximum absolute atomic E-state index is 13.4. The molecule has 194 valence electrons. The molecule has 2 aromatic carbocycles. The lowest BCUT2D eigenvalue weighted by Gasteiger charge is -2.21. The molecule has 0 saturated carbocycles. The summed E-state index contributed by atoms with van der Waals surface area (Å²) in [5.74, 6) is -0.185. The van der Waals surface area contributed by atoms with E-state index in [2.05, 4.69) is 15.3 Å². The second-order valence-electron chi connectivity index (χ2n) is 7.61. The van der Waals surface area contributed by atoms with Crippen molar-refractivity contribution in [1.29, 1.82) is 5.41 Å². The van der Waals surface area contributed by atoms with Crippen LogP contribution in [0.2, 0.25) is 0 Å². The maximum Gasteiger partial charge on any atom is 0.307 e. The van der Waals surface area contributed by atoms with Crippen LogP contribution in [0.1, 0.15) is 27.3 Å². The van der Waals surface area contributed by atoms with Crippen molar-refractivity contribution in [2.75, 3.05) is 23.9 Å². The number of aromatic nitrogens is 2. The predicted octanol–water partition coefficient (Wildman–Crippen LogP) is 4.64. The van der Waals surface area contributed by atoms with Crippen molar-refractivity contribution in [1.82, 2.24) is 9.97 Å². The molecular formula is C25H26Cl2N6O3S. The largest absolute Gasteiger partial charge is 0.469 e. The normalized spacial score (nSPS) is 10.1. The van der Waals surface area contributed by atoms with Gasteiger partial charge in [0.05, 0.1) is 30.3 Å². The Morgan fingerprint density at radius 3 is 2.46 bits per heavy atom. The van der Waals surface area contributed by atoms with E-state index in [9.17, 15) is 9.59 Å². The summed E-state index contributed by atoms with van der Waals surface area (Å²) < 4.78 is 5.69. The first-order chi connectivity index (χ1) is 16.9. The highest BCUT2D eigenvalue weighted by molar-refractivity contribution is 7.18. The van der Waals surface area contributed by atoms with Crippen LogP contribution in [0.4, 0.5) is 11.5 Å². The highest BCUT2D eigenvalue weighted by Gasteiger charge is 2.21. The number of amidine groups is 1. The molecule has 4 N–H and O–H groups in total. The smallest absolute Gasteiger partial charge is 0.307 e. The van der Waals surface area contributed by atoms with E-state index in [-0.39, 0.29) is 49.5 Å². The van der Waals surface area contributed by atoms with Crippen LogP contribution in [0.15, 0.2) is 66.9 Å². The molecule has 0 atom stereocenters. The fourth-order valence-corrected chi connectivity index (χ4v) is 4.31. The number of halogens is 2. The number of nitrogens with one attached hydrogen (secondary N) is 2. The number of esters is 1. The van der Waals surface area contributed by atoms with Crippen molar-refractivity contribution in [3.63, 3.8) is 0 Å². The molecule has 37 heavy (non-hydrogen) atoms. The van der Waals surface area contributed by atoms with E-state index < -0.39 is 5.97 Å². The third-order valence-corrected chi connectivity index (χ3v) is 6.29. The second-order valence-corrected chi connectivity index (χ2v) is 8.72.